The Morgan fingerprint density at radius 3 is 2.21 bits per heavy atom. The van der Waals surface area contributed by atoms with Crippen molar-refractivity contribution in [3.63, 3.8) is 0 Å². The number of hydrogen-bond donors (Lipinski definition) is 1. The van der Waals surface area contributed by atoms with Crippen molar-refractivity contribution in [2.75, 3.05) is 0 Å². The van der Waals surface area contributed by atoms with E-state index in [9.17, 15) is 18.8 Å². The van der Waals surface area contributed by atoms with Crippen LogP contribution in [0.4, 0.5) is 4.39 Å². The van der Waals surface area contributed by atoms with Crippen molar-refractivity contribution in [2.45, 2.75) is 39.0 Å². The molecule has 34 heavy (non-hydrogen) atoms. The maximum Gasteiger partial charge on any atom is 0.292 e. The van der Waals surface area contributed by atoms with Gasteiger partial charge in [0, 0.05) is 35.1 Å². The number of halogens is 1. The van der Waals surface area contributed by atoms with E-state index in [2.05, 4.69) is 20.0 Å². The Bertz CT molecular complexity index is 1340. The molecule has 0 saturated carbocycles. The number of nitrogens with one attached hydrogen (secondary N) is 1. The summed E-state index contributed by atoms with van der Waals surface area (Å²) in [6.07, 6.45) is 1.75. The zero-order chi connectivity index (χ0) is 24.5. The molecule has 2 heterocycles. The van der Waals surface area contributed by atoms with Gasteiger partial charge in [-0.05, 0) is 35.9 Å². The molecule has 0 bridgehead atoms. The Balaban J connectivity index is 1.50. The van der Waals surface area contributed by atoms with Crippen LogP contribution in [0.25, 0.3) is 0 Å². The highest BCUT2D eigenvalue weighted by molar-refractivity contribution is 6.54. The molecule has 1 aliphatic rings. The molecule has 0 radical (unpaired) electrons. The van der Waals surface area contributed by atoms with Gasteiger partial charge in [-0.25, -0.2) is 19.4 Å². The Hall–Kier alpha value is -4.07. The Morgan fingerprint density at radius 2 is 1.56 bits per heavy atom. The first kappa shape index (κ1) is 23.1. The lowest BCUT2D eigenvalue weighted by Crippen LogP contribution is -2.29. The number of carbonyl (C=O) groups excluding carboxylic acids is 3. The summed E-state index contributed by atoms with van der Waals surface area (Å²) in [7, 11) is 0. The van der Waals surface area contributed by atoms with Crippen molar-refractivity contribution < 1.29 is 18.8 Å². The first-order valence-electron chi connectivity index (χ1n) is 10.8. The average Bonchev–Trinajstić information content (AvgIpc) is 3.26. The minimum Gasteiger partial charge on any atom is -0.348 e. The maximum absolute atomic E-state index is 13.2. The van der Waals surface area contributed by atoms with Gasteiger partial charge in [-0.3, -0.25) is 14.4 Å². The number of aromatic nitrogens is 2. The van der Waals surface area contributed by atoms with E-state index in [1.807, 2.05) is 20.8 Å². The van der Waals surface area contributed by atoms with Gasteiger partial charge in [0.2, 0.25) is 0 Å². The number of H-pyrrole nitrogens is 1. The number of nitrogens with zero attached hydrogens (tertiary/aromatic N) is 3. The lowest BCUT2D eigenvalue weighted by molar-refractivity contribution is -0.115. The van der Waals surface area contributed by atoms with Gasteiger partial charge in [0.25, 0.3) is 11.8 Å². The number of rotatable bonds is 6. The number of amides is 2. The molecule has 0 atom stereocenters. The molecule has 0 saturated heterocycles. The van der Waals surface area contributed by atoms with Gasteiger partial charge in [-0.1, -0.05) is 39.0 Å². The van der Waals surface area contributed by atoms with Crippen LogP contribution in [0.1, 0.15) is 53.6 Å². The van der Waals surface area contributed by atoms with Crippen LogP contribution >= 0.6 is 0 Å². The van der Waals surface area contributed by atoms with Gasteiger partial charge in [0.1, 0.15) is 17.2 Å². The highest BCUT2D eigenvalue weighted by Gasteiger charge is 2.28. The molecule has 172 valence electrons. The van der Waals surface area contributed by atoms with E-state index >= 15 is 0 Å². The zero-order valence-corrected chi connectivity index (χ0v) is 19.1. The van der Waals surface area contributed by atoms with Crippen LogP contribution < -0.4 is 0 Å². The van der Waals surface area contributed by atoms with Crippen LogP contribution in [-0.4, -0.2) is 39.0 Å². The van der Waals surface area contributed by atoms with E-state index in [0.29, 0.717) is 16.7 Å². The number of ketones is 1. The third-order valence-corrected chi connectivity index (χ3v) is 5.41. The van der Waals surface area contributed by atoms with Gasteiger partial charge in [-0.2, -0.15) is 0 Å². The van der Waals surface area contributed by atoms with Crippen molar-refractivity contribution in [2.24, 2.45) is 9.98 Å². The Kier molecular flexibility index (Phi) is 6.15. The lowest BCUT2D eigenvalue weighted by atomic mass is 9.89. The number of benzene rings is 2. The fourth-order valence-corrected chi connectivity index (χ4v) is 3.75. The normalized spacial score (nSPS) is 14.1. The van der Waals surface area contributed by atoms with Gasteiger partial charge in [-0.15, -0.1) is 0 Å². The number of aliphatic imine (C=N–C) groups is 2. The van der Waals surface area contributed by atoms with E-state index in [0.717, 1.165) is 11.4 Å². The molecule has 8 heteroatoms. The summed E-state index contributed by atoms with van der Waals surface area (Å²) in [5.41, 5.74) is 2.73. The molecule has 1 N–H and O–H groups in total. The van der Waals surface area contributed by atoms with Gasteiger partial charge in [0.15, 0.2) is 5.78 Å². The van der Waals surface area contributed by atoms with Crippen molar-refractivity contribution in [3.8, 4) is 0 Å². The Morgan fingerprint density at radius 1 is 0.912 bits per heavy atom. The van der Waals surface area contributed by atoms with Crippen LogP contribution in [0.2, 0.25) is 0 Å². The average molecular weight is 458 g/mol. The summed E-state index contributed by atoms with van der Waals surface area (Å²) in [6.45, 7) is 6.02. The molecule has 3 aromatic rings. The minimum atomic E-state index is -0.582. The quantitative estimate of drug-likeness (QED) is 0.567. The van der Waals surface area contributed by atoms with Crippen LogP contribution in [0, 0.1) is 5.82 Å². The van der Waals surface area contributed by atoms with E-state index in [4.69, 9.17) is 0 Å². The third-order valence-electron chi connectivity index (χ3n) is 5.41. The summed E-state index contributed by atoms with van der Waals surface area (Å²) in [5, 5.41) is 0. The number of imidazole rings is 1. The second-order valence-electron chi connectivity index (χ2n) is 9.10. The second-order valence-corrected chi connectivity index (χ2v) is 9.10. The predicted molar refractivity (Wildman–Crippen MR) is 126 cm³/mol. The summed E-state index contributed by atoms with van der Waals surface area (Å²) in [6, 6.07) is 12.0. The molecule has 2 aromatic carbocycles. The molecule has 1 aromatic heterocycles. The molecule has 1 aliphatic heterocycles. The van der Waals surface area contributed by atoms with Crippen LogP contribution in [0.5, 0.6) is 0 Å². The van der Waals surface area contributed by atoms with Crippen LogP contribution in [0.15, 0.2) is 64.8 Å². The molecular formula is C26H23FN4O3. The van der Waals surface area contributed by atoms with Gasteiger partial charge in [0.05, 0.1) is 12.0 Å². The third kappa shape index (κ3) is 4.96. The fraction of sp³-hybridized carbons (Fsp3) is 0.231. The second kappa shape index (κ2) is 9.05. The summed E-state index contributed by atoms with van der Waals surface area (Å²) < 4.78 is 13.2. The highest BCUT2D eigenvalue weighted by atomic mass is 19.1. The molecule has 7 nitrogen and oxygen atoms in total. The fourth-order valence-electron chi connectivity index (χ4n) is 3.75. The molecule has 4 rings (SSSR count). The number of aromatic amines is 1. The monoisotopic (exact) mass is 458 g/mol. The van der Waals surface area contributed by atoms with E-state index in [-0.39, 0.29) is 35.5 Å². The molecule has 0 spiro atoms. The van der Waals surface area contributed by atoms with E-state index < -0.39 is 17.6 Å². The smallest absolute Gasteiger partial charge is 0.292 e. The van der Waals surface area contributed by atoms with E-state index in [1.165, 1.54) is 24.3 Å². The first-order valence-corrected chi connectivity index (χ1v) is 10.8. The van der Waals surface area contributed by atoms with Crippen molar-refractivity contribution in [3.05, 3.63) is 88.8 Å². The summed E-state index contributed by atoms with van der Waals surface area (Å²) >= 11 is 0. The Labute approximate surface area is 195 Å². The molecule has 0 aliphatic carbocycles. The van der Waals surface area contributed by atoms with Gasteiger partial charge < -0.3 is 4.98 Å². The minimum absolute atomic E-state index is 0.0146. The summed E-state index contributed by atoms with van der Waals surface area (Å²) in [4.78, 5) is 53.3. The highest BCUT2D eigenvalue weighted by Crippen LogP contribution is 2.24. The molecule has 0 fully saturated rings. The largest absolute Gasteiger partial charge is 0.348 e. The van der Waals surface area contributed by atoms with Gasteiger partial charge >= 0.3 is 0 Å². The molecule has 0 unspecified atom stereocenters. The van der Waals surface area contributed by atoms with Crippen LogP contribution in [0.3, 0.4) is 0 Å². The van der Waals surface area contributed by atoms with Crippen molar-refractivity contribution >= 4 is 29.0 Å². The first-order chi connectivity index (χ1) is 16.1. The molecular weight excluding hydrogens is 435 g/mol. The topological polar surface area (TPSA) is 105 Å². The molecule has 2 amide bonds. The lowest BCUT2D eigenvalue weighted by Gasteiger charge is -2.18. The predicted octanol–water partition coefficient (Wildman–Crippen LogP) is 3.81. The SMILES string of the molecule is CC(C)(C)c1nc[nH]c1CC1=NC(=O)C(Cc2cccc(C(=O)c3ccc(F)cc3)c2)=NC1=O. The zero-order valence-electron chi connectivity index (χ0n) is 19.1. The van der Waals surface area contributed by atoms with E-state index in [1.54, 1.807) is 30.6 Å². The van der Waals surface area contributed by atoms with Crippen molar-refractivity contribution in [1.82, 2.24) is 9.97 Å². The summed E-state index contributed by atoms with van der Waals surface area (Å²) in [5.74, 6) is -1.85. The van der Waals surface area contributed by atoms with Crippen molar-refractivity contribution in [1.29, 1.82) is 0 Å². The van der Waals surface area contributed by atoms with Crippen LogP contribution in [-0.2, 0) is 27.8 Å². The standard InChI is InChI=1S/C26H23FN4O3/c1-26(2,3)23-19(28-14-29-23)13-21-25(34)30-20(24(33)31-21)12-15-5-4-6-17(11-15)22(32)16-7-9-18(27)10-8-16/h4-11,14H,12-13H2,1-3H3,(H,28,29). The number of carbonyl (C=O) groups is 3. The number of hydrogen-bond acceptors (Lipinski definition) is 4. The maximum atomic E-state index is 13.2.